The highest BCUT2D eigenvalue weighted by molar-refractivity contribution is 7.14. The summed E-state index contributed by atoms with van der Waals surface area (Å²) in [6.45, 7) is 2.38. The monoisotopic (exact) mass is 576 g/mol. The van der Waals surface area contributed by atoms with Gasteiger partial charge in [-0.1, -0.05) is 66.7 Å². The number of thiophene rings is 1. The number of rotatable bonds is 9. The topological polar surface area (TPSA) is 61.9 Å². The van der Waals surface area contributed by atoms with Crippen LogP contribution in [-0.4, -0.2) is 19.3 Å². The van der Waals surface area contributed by atoms with E-state index in [1.807, 2.05) is 92.1 Å². The molecule has 0 atom stereocenters. The van der Waals surface area contributed by atoms with Crippen molar-refractivity contribution in [3.63, 3.8) is 0 Å². The van der Waals surface area contributed by atoms with Gasteiger partial charge >= 0.3 is 0 Å². The second kappa shape index (κ2) is 12.0. The first kappa shape index (κ1) is 27.4. The van der Waals surface area contributed by atoms with Crippen LogP contribution >= 0.6 is 11.3 Å². The van der Waals surface area contributed by atoms with E-state index in [1.165, 1.54) is 17.4 Å². The van der Waals surface area contributed by atoms with Crippen molar-refractivity contribution < 1.29 is 9.13 Å². The fraction of sp³-hybridized carbons (Fsp3) is 0.147. The standard InChI is InChI=1S/C34H29FN4O2S/c1-23-31(30-20-26(22-42-30)29-16-18-36-38(29)2)34(40)39(19-17-24-10-5-3-6-11-24)33(37-23)27-14-9-15-28(35)32(27)41-21-25-12-7-4-8-13-25/h3-16,18,20,22H,17,19,21H2,1-2H3. The predicted octanol–water partition coefficient (Wildman–Crippen LogP) is 7.31. The molecular formula is C34H29FN4O2S. The highest BCUT2D eigenvalue weighted by atomic mass is 32.1. The van der Waals surface area contributed by atoms with Crippen LogP contribution in [0.2, 0.25) is 0 Å². The second-order valence-corrected chi connectivity index (χ2v) is 10.9. The Morgan fingerprint density at radius 1 is 0.929 bits per heavy atom. The fourth-order valence-corrected chi connectivity index (χ4v) is 6.05. The Morgan fingerprint density at radius 3 is 2.38 bits per heavy atom. The number of hydrogen-bond donors (Lipinski definition) is 0. The van der Waals surface area contributed by atoms with E-state index < -0.39 is 5.82 Å². The number of para-hydroxylation sites is 1. The third-order valence-corrected chi connectivity index (χ3v) is 8.16. The summed E-state index contributed by atoms with van der Waals surface area (Å²) in [7, 11) is 1.89. The summed E-state index contributed by atoms with van der Waals surface area (Å²) in [5.41, 5.74) is 5.31. The van der Waals surface area contributed by atoms with Crippen molar-refractivity contribution in [1.82, 2.24) is 19.3 Å². The molecule has 0 N–H and O–H groups in total. The van der Waals surface area contributed by atoms with Gasteiger partial charge in [-0.15, -0.1) is 11.3 Å². The summed E-state index contributed by atoms with van der Waals surface area (Å²) < 4.78 is 24.8. The van der Waals surface area contributed by atoms with E-state index in [2.05, 4.69) is 5.10 Å². The first-order chi connectivity index (χ1) is 20.5. The molecule has 0 radical (unpaired) electrons. The lowest BCUT2D eigenvalue weighted by atomic mass is 10.1. The normalized spacial score (nSPS) is 11.1. The van der Waals surface area contributed by atoms with Crippen LogP contribution in [0.25, 0.3) is 33.1 Å². The average Bonchev–Trinajstić information content (AvgIpc) is 3.66. The van der Waals surface area contributed by atoms with Gasteiger partial charge in [0.15, 0.2) is 11.6 Å². The molecule has 3 aromatic heterocycles. The Hall–Kier alpha value is -4.82. The Morgan fingerprint density at radius 2 is 1.67 bits per heavy atom. The number of halogens is 1. The SMILES string of the molecule is Cc1nc(-c2cccc(F)c2OCc2ccccc2)n(CCc2ccccc2)c(=O)c1-c1cc(-c2ccnn2C)cs1. The molecule has 0 bridgehead atoms. The number of aryl methyl sites for hydroxylation is 3. The van der Waals surface area contributed by atoms with E-state index >= 15 is 4.39 Å². The summed E-state index contributed by atoms with van der Waals surface area (Å²) in [4.78, 5) is 20.1. The quantitative estimate of drug-likeness (QED) is 0.181. The fourth-order valence-electron chi connectivity index (χ4n) is 5.06. The second-order valence-electron chi connectivity index (χ2n) is 10.0. The molecular weight excluding hydrogens is 547 g/mol. The molecule has 3 heterocycles. The number of benzene rings is 3. The number of nitrogens with zero attached hydrogens (tertiary/aromatic N) is 4. The van der Waals surface area contributed by atoms with Crippen molar-refractivity contribution >= 4 is 11.3 Å². The van der Waals surface area contributed by atoms with Crippen LogP contribution in [0.5, 0.6) is 5.75 Å². The van der Waals surface area contributed by atoms with E-state index in [0.717, 1.165) is 27.3 Å². The van der Waals surface area contributed by atoms with Gasteiger partial charge in [-0.05, 0) is 48.7 Å². The number of hydrogen-bond acceptors (Lipinski definition) is 5. The zero-order chi connectivity index (χ0) is 29.1. The molecule has 0 fully saturated rings. The first-order valence-electron chi connectivity index (χ1n) is 13.7. The summed E-state index contributed by atoms with van der Waals surface area (Å²) in [6.07, 6.45) is 2.36. The van der Waals surface area contributed by atoms with Crippen LogP contribution in [0.4, 0.5) is 4.39 Å². The molecule has 0 unspecified atom stereocenters. The van der Waals surface area contributed by atoms with Gasteiger partial charge in [-0.3, -0.25) is 14.0 Å². The molecule has 6 aromatic rings. The first-order valence-corrected chi connectivity index (χ1v) is 14.6. The number of ether oxygens (including phenoxy) is 1. The maximum Gasteiger partial charge on any atom is 0.262 e. The zero-order valence-electron chi connectivity index (χ0n) is 23.3. The molecule has 0 saturated carbocycles. The highest BCUT2D eigenvalue weighted by Gasteiger charge is 2.22. The molecule has 0 amide bonds. The van der Waals surface area contributed by atoms with Crippen LogP contribution < -0.4 is 10.3 Å². The third kappa shape index (κ3) is 5.53. The Balaban J connectivity index is 1.46. The Kier molecular flexibility index (Phi) is 7.79. The van der Waals surface area contributed by atoms with Crippen molar-refractivity contribution in [2.45, 2.75) is 26.5 Å². The molecule has 210 valence electrons. The molecule has 8 heteroatoms. The zero-order valence-corrected chi connectivity index (χ0v) is 24.1. The lowest BCUT2D eigenvalue weighted by Crippen LogP contribution is -2.27. The minimum Gasteiger partial charge on any atom is -0.485 e. The minimum atomic E-state index is -0.506. The van der Waals surface area contributed by atoms with Crippen LogP contribution in [-0.2, 0) is 26.6 Å². The van der Waals surface area contributed by atoms with Gasteiger partial charge in [-0.2, -0.15) is 5.10 Å². The lowest BCUT2D eigenvalue weighted by Gasteiger charge is -2.18. The van der Waals surface area contributed by atoms with Crippen molar-refractivity contribution in [2.75, 3.05) is 0 Å². The van der Waals surface area contributed by atoms with Crippen molar-refractivity contribution in [2.24, 2.45) is 7.05 Å². The van der Waals surface area contributed by atoms with Gasteiger partial charge in [0.05, 0.1) is 22.5 Å². The van der Waals surface area contributed by atoms with E-state index in [-0.39, 0.29) is 17.9 Å². The average molecular weight is 577 g/mol. The summed E-state index contributed by atoms with van der Waals surface area (Å²) in [5.74, 6) is -0.0558. The number of aromatic nitrogens is 4. The van der Waals surface area contributed by atoms with Gasteiger partial charge in [0.25, 0.3) is 5.56 Å². The molecule has 0 spiro atoms. The molecule has 3 aromatic carbocycles. The molecule has 6 rings (SSSR count). The van der Waals surface area contributed by atoms with Gasteiger partial charge in [0.2, 0.25) is 0 Å². The largest absolute Gasteiger partial charge is 0.485 e. The molecule has 6 nitrogen and oxygen atoms in total. The van der Waals surface area contributed by atoms with Crippen molar-refractivity contribution in [3.8, 4) is 38.8 Å². The lowest BCUT2D eigenvalue weighted by molar-refractivity contribution is 0.291. The van der Waals surface area contributed by atoms with Gasteiger partial charge in [-0.25, -0.2) is 9.37 Å². The van der Waals surface area contributed by atoms with E-state index in [1.54, 1.807) is 27.6 Å². The van der Waals surface area contributed by atoms with Gasteiger partial charge in [0.1, 0.15) is 12.4 Å². The Labute approximate surface area is 247 Å². The van der Waals surface area contributed by atoms with Crippen LogP contribution in [0, 0.1) is 12.7 Å². The predicted molar refractivity (Wildman–Crippen MR) is 165 cm³/mol. The Bertz CT molecular complexity index is 1890. The van der Waals surface area contributed by atoms with E-state index in [9.17, 15) is 4.79 Å². The van der Waals surface area contributed by atoms with Crippen LogP contribution in [0.1, 0.15) is 16.8 Å². The third-order valence-electron chi connectivity index (χ3n) is 7.21. The molecule has 0 aliphatic carbocycles. The van der Waals surface area contributed by atoms with Crippen LogP contribution in [0.15, 0.2) is 107 Å². The maximum absolute atomic E-state index is 15.3. The van der Waals surface area contributed by atoms with Crippen LogP contribution in [0.3, 0.4) is 0 Å². The molecule has 0 saturated heterocycles. The molecule has 0 aliphatic heterocycles. The van der Waals surface area contributed by atoms with E-state index in [0.29, 0.717) is 35.6 Å². The highest BCUT2D eigenvalue weighted by Crippen LogP contribution is 2.35. The molecule has 42 heavy (non-hydrogen) atoms. The smallest absolute Gasteiger partial charge is 0.262 e. The maximum atomic E-state index is 15.3. The van der Waals surface area contributed by atoms with E-state index in [4.69, 9.17) is 9.72 Å². The summed E-state index contributed by atoms with van der Waals surface area (Å²) in [6, 6.07) is 28.3. The van der Waals surface area contributed by atoms with Gasteiger partial charge in [0, 0.05) is 35.6 Å². The minimum absolute atomic E-state index is 0.0727. The summed E-state index contributed by atoms with van der Waals surface area (Å²) >= 11 is 1.49. The van der Waals surface area contributed by atoms with Crippen molar-refractivity contribution in [3.05, 3.63) is 136 Å². The molecule has 0 aliphatic rings. The van der Waals surface area contributed by atoms with Gasteiger partial charge < -0.3 is 4.74 Å². The van der Waals surface area contributed by atoms with Crippen molar-refractivity contribution in [1.29, 1.82) is 0 Å². The summed E-state index contributed by atoms with van der Waals surface area (Å²) in [5, 5.41) is 6.30.